The number of furan rings is 1. The van der Waals surface area contributed by atoms with Crippen LogP contribution in [0, 0.1) is 0 Å². The molecule has 4 aromatic rings. The van der Waals surface area contributed by atoms with Gasteiger partial charge in [-0.1, -0.05) is 11.3 Å². The minimum Gasteiger partial charge on any atom is -0.497 e. The summed E-state index contributed by atoms with van der Waals surface area (Å²) >= 11 is 1.47. The number of aromatic nitrogens is 4. The molecule has 0 atom stereocenters. The van der Waals surface area contributed by atoms with Gasteiger partial charge < -0.3 is 9.15 Å². The Morgan fingerprint density at radius 2 is 2.00 bits per heavy atom. The number of nitrogens with zero attached hydrogens (tertiary/aromatic N) is 4. The zero-order valence-corrected chi connectivity index (χ0v) is 13.0. The summed E-state index contributed by atoms with van der Waals surface area (Å²) in [6.45, 7) is 0. The molecule has 0 bridgehead atoms. The zero-order valence-electron chi connectivity index (χ0n) is 12.2. The first-order chi connectivity index (χ1) is 11.3. The van der Waals surface area contributed by atoms with Crippen LogP contribution >= 0.6 is 11.3 Å². The Morgan fingerprint density at radius 3 is 2.74 bits per heavy atom. The van der Waals surface area contributed by atoms with E-state index in [4.69, 9.17) is 9.15 Å². The first-order valence-electron chi connectivity index (χ1n) is 6.92. The molecule has 23 heavy (non-hydrogen) atoms. The minimum absolute atomic E-state index is 0.705. The fourth-order valence-electron chi connectivity index (χ4n) is 2.16. The molecule has 0 aliphatic carbocycles. The standard InChI is InChI=1S/C16H12N4O2S/c1-21-12-6-4-11(5-7-12)15-17-18-16-20(15)19-14(23-16)9-8-13-3-2-10-22-13/h2-10H,1H3. The molecule has 1 aromatic carbocycles. The molecule has 0 spiro atoms. The van der Waals surface area contributed by atoms with Crippen LogP contribution in [0.15, 0.2) is 47.1 Å². The maximum Gasteiger partial charge on any atom is 0.235 e. The van der Waals surface area contributed by atoms with Gasteiger partial charge in [-0.25, -0.2) is 0 Å². The molecule has 3 aromatic heterocycles. The molecule has 0 aliphatic heterocycles. The van der Waals surface area contributed by atoms with Crippen molar-refractivity contribution in [3.8, 4) is 17.1 Å². The fraction of sp³-hybridized carbons (Fsp3) is 0.0625. The second kappa shape index (κ2) is 5.69. The van der Waals surface area contributed by atoms with Crippen molar-refractivity contribution in [1.29, 1.82) is 0 Å². The molecule has 6 nitrogen and oxygen atoms in total. The van der Waals surface area contributed by atoms with E-state index in [0.717, 1.165) is 27.0 Å². The van der Waals surface area contributed by atoms with Crippen LogP contribution in [0.5, 0.6) is 5.75 Å². The third kappa shape index (κ3) is 2.62. The zero-order chi connectivity index (χ0) is 15.6. The van der Waals surface area contributed by atoms with Crippen molar-refractivity contribution in [2.24, 2.45) is 0 Å². The number of hydrogen-bond acceptors (Lipinski definition) is 6. The Balaban J connectivity index is 1.68. The molecule has 0 aliphatic rings. The van der Waals surface area contributed by atoms with Crippen LogP contribution in [0.1, 0.15) is 10.8 Å². The number of fused-ring (bicyclic) bond motifs is 1. The average Bonchev–Trinajstić information content (AvgIpc) is 3.30. The van der Waals surface area contributed by atoms with Crippen molar-refractivity contribution in [1.82, 2.24) is 19.8 Å². The summed E-state index contributed by atoms with van der Waals surface area (Å²) in [5.74, 6) is 2.29. The normalized spacial score (nSPS) is 11.5. The molecular weight excluding hydrogens is 312 g/mol. The lowest BCUT2D eigenvalue weighted by atomic mass is 10.2. The first kappa shape index (κ1) is 13.7. The van der Waals surface area contributed by atoms with Gasteiger partial charge in [-0.15, -0.1) is 10.2 Å². The SMILES string of the molecule is COc1ccc(-c2nnc3sc(C=Cc4ccco4)nn23)cc1. The molecule has 0 fully saturated rings. The number of rotatable bonds is 4. The van der Waals surface area contributed by atoms with Crippen molar-refractivity contribution in [2.45, 2.75) is 0 Å². The summed E-state index contributed by atoms with van der Waals surface area (Å²) in [4.78, 5) is 0.745. The maximum absolute atomic E-state index is 5.27. The van der Waals surface area contributed by atoms with E-state index in [-0.39, 0.29) is 0 Å². The Kier molecular flexibility index (Phi) is 3.39. The van der Waals surface area contributed by atoms with Crippen molar-refractivity contribution < 1.29 is 9.15 Å². The van der Waals surface area contributed by atoms with Gasteiger partial charge in [0.15, 0.2) is 5.82 Å². The third-order valence-electron chi connectivity index (χ3n) is 3.29. The van der Waals surface area contributed by atoms with Gasteiger partial charge >= 0.3 is 0 Å². The second-order valence-electron chi connectivity index (χ2n) is 4.74. The maximum atomic E-state index is 5.27. The largest absolute Gasteiger partial charge is 0.497 e. The highest BCUT2D eigenvalue weighted by molar-refractivity contribution is 7.17. The van der Waals surface area contributed by atoms with Crippen molar-refractivity contribution in [3.05, 3.63) is 53.4 Å². The molecule has 0 saturated heterocycles. The molecule has 0 saturated carbocycles. The highest BCUT2D eigenvalue weighted by Gasteiger charge is 2.12. The quantitative estimate of drug-likeness (QED) is 0.573. The molecule has 114 valence electrons. The van der Waals surface area contributed by atoms with Crippen LogP contribution < -0.4 is 4.74 Å². The summed E-state index contributed by atoms with van der Waals surface area (Å²) in [6, 6.07) is 11.4. The lowest BCUT2D eigenvalue weighted by Gasteiger charge is -2.00. The lowest BCUT2D eigenvalue weighted by molar-refractivity contribution is 0.415. The predicted octanol–water partition coefficient (Wildman–Crippen LogP) is 3.62. The van der Waals surface area contributed by atoms with Crippen molar-refractivity contribution in [2.75, 3.05) is 7.11 Å². The van der Waals surface area contributed by atoms with Gasteiger partial charge in [-0.3, -0.25) is 0 Å². The van der Waals surface area contributed by atoms with E-state index in [9.17, 15) is 0 Å². The summed E-state index contributed by atoms with van der Waals surface area (Å²) in [5, 5.41) is 13.8. The molecule has 0 N–H and O–H groups in total. The molecular formula is C16H12N4O2S. The smallest absolute Gasteiger partial charge is 0.235 e. The van der Waals surface area contributed by atoms with Crippen LogP contribution in [0.25, 0.3) is 28.5 Å². The number of benzene rings is 1. The van der Waals surface area contributed by atoms with E-state index in [1.807, 2.05) is 48.6 Å². The van der Waals surface area contributed by atoms with E-state index in [2.05, 4.69) is 15.3 Å². The summed E-state index contributed by atoms with van der Waals surface area (Å²) in [6.07, 6.45) is 5.41. The summed E-state index contributed by atoms with van der Waals surface area (Å²) in [7, 11) is 1.64. The van der Waals surface area contributed by atoms with E-state index in [1.54, 1.807) is 17.9 Å². The molecule has 7 heteroatoms. The summed E-state index contributed by atoms with van der Waals surface area (Å²) in [5.41, 5.74) is 0.935. The Hall–Kier alpha value is -2.93. The van der Waals surface area contributed by atoms with Crippen molar-refractivity contribution >= 4 is 28.4 Å². The van der Waals surface area contributed by atoms with Crippen LogP contribution in [0.3, 0.4) is 0 Å². The number of methoxy groups -OCH3 is 1. The van der Waals surface area contributed by atoms with Gasteiger partial charge in [0.05, 0.1) is 13.4 Å². The van der Waals surface area contributed by atoms with Crippen LogP contribution in [-0.4, -0.2) is 26.9 Å². The Bertz CT molecular complexity index is 952. The van der Waals surface area contributed by atoms with Crippen molar-refractivity contribution in [3.63, 3.8) is 0 Å². The van der Waals surface area contributed by atoms with E-state index >= 15 is 0 Å². The van der Waals surface area contributed by atoms with E-state index in [1.165, 1.54) is 11.3 Å². The second-order valence-corrected chi connectivity index (χ2v) is 5.72. The van der Waals surface area contributed by atoms with Crippen LogP contribution in [0.4, 0.5) is 0 Å². The highest BCUT2D eigenvalue weighted by Crippen LogP contribution is 2.24. The average molecular weight is 324 g/mol. The number of hydrogen-bond donors (Lipinski definition) is 0. The van der Waals surface area contributed by atoms with Gasteiger partial charge in [0, 0.05) is 5.56 Å². The van der Waals surface area contributed by atoms with Gasteiger partial charge in [0.1, 0.15) is 16.5 Å². The summed E-state index contributed by atoms with van der Waals surface area (Å²) < 4.78 is 12.2. The van der Waals surface area contributed by atoms with E-state index in [0.29, 0.717) is 5.82 Å². The molecule has 0 radical (unpaired) electrons. The van der Waals surface area contributed by atoms with Gasteiger partial charge in [-0.05, 0) is 48.6 Å². The minimum atomic E-state index is 0.705. The first-order valence-corrected chi connectivity index (χ1v) is 7.73. The van der Waals surface area contributed by atoms with Crippen LogP contribution in [-0.2, 0) is 0 Å². The topological polar surface area (TPSA) is 65.5 Å². The lowest BCUT2D eigenvalue weighted by Crippen LogP contribution is -1.91. The highest BCUT2D eigenvalue weighted by atomic mass is 32.1. The number of ether oxygens (including phenoxy) is 1. The van der Waals surface area contributed by atoms with Gasteiger partial charge in [-0.2, -0.15) is 9.61 Å². The third-order valence-corrected chi connectivity index (χ3v) is 4.15. The molecule has 0 unspecified atom stereocenters. The Morgan fingerprint density at radius 1 is 1.13 bits per heavy atom. The molecule has 0 amide bonds. The molecule has 4 rings (SSSR count). The fourth-order valence-corrected chi connectivity index (χ4v) is 2.90. The van der Waals surface area contributed by atoms with Crippen LogP contribution in [0.2, 0.25) is 0 Å². The monoisotopic (exact) mass is 324 g/mol. The van der Waals surface area contributed by atoms with E-state index < -0.39 is 0 Å². The van der Waals surface area contributed by atoms with Gasteiger partial charge in [0.25, 0.3) is 0 Å². The molecule has 3 heterocycles. The predicted molar refractivity (Wildman–Crippen MR) is 88.3 cm³/mol. The van der Waals surface area contributed by atoms with Gasteiger partial charge in [0.2, 0.25) is 4.96 Å². The Labute approximate surface area is 135 Å².